The summed E-state index contributed by atoms with van der Waals surface area (Å²) in [5.41, 5.74) is 2.29. The molecule has 19 heavy (non-hydrogen) atoms. The zero-order valence-electron chi connectivity index (χ0n) is 11.2. The van der Waals surface area contributed by atoms with Gasteiger partial charge in [0.05, 0.1) is 13.2 Å². The molecule has 1 heterocycles. The molecule has 0 N–H and O–H groups in total. The predicted molar refractivity (Wildman–Crippen MR) is 69.3 cm³/mol. The first-order valence-electron chi connectivity index (χ1n) is 6.85. The quantitative estimate of drug-likeness (QED) is 0.750. The molecule has 0 aliphatic carbocycles. The van der Waals surface area contributed by atoms with E-state index in [-0.39, 0.29) is 19.1 Å². The molecule has 0 bridgehead atoms. The van der Waals surface area contributed by atoms with E-state index < -0.39 is 6.29 Å². The molecule has 4 heteroatoms. The van der Waals surface area contributed by atoms with Gasteiger partial charge in [-0.3, -0.25) is 9.47 Å². The maximum absolute atomic E-state index is 12.7. The van der Waals surface area contributed by atoms with Crippen molar-refractivity contribution in [3.8, 4) is 0 Å². The molecule has 0 aromatic heterocycles. The van der Waals surface area contributed by atoms with Gasteiger partial charge in [0.2, 0.25) is 0 Å². The third kappa shape index (κ3) is 4.25. The van der Waals surface area contributed by atoms with Gasteiger partial charge in [0.1, 0.15) is 0 Å². The molecule has 1 aliphatic rings. The van der Waals surface area contributed by atoms with Crippen molar-refractivity contribution < 1.29 is 18.3 Å². The van der Waals surface area contributed by atoms with Crippen LogP contribution in [-0.2, 0) is 15.9 Å². The van der Waals surface area contributed by atoms with Crippen molar-refractivity contribution in [2.75, 3.05) is 13.2 Å². The normalized spacial score (nSPS) is 19.5. The highest BCUT2D eigenvalue weighted by Gasteiger charge is 2.38. The monoisotopic (exact) mass is 270 g/mol. The van der Waals surface area contributed by atoms with Crippen LogP contribution in [0.5, 0.6) is 0 Å². The van der Waals surface area contributed by atoms with Gasteiger partial charge in [-0.2, -0.15) is 0 Å². The number of hydrogen-bond donors (Lipinski definition) is 0. The lowest BCUT2D eigenvalue weighted by atomic mass is 9.97. The van der Waals surface area contributed by atoms with Crippen LogP contribution in [0.4, 0.5) is 8.78 Å². The van der Waals surface area contributed by atoms with Crippen molar-refractivity contribution in [2.45, 2.75) is 44.8 Å². The summed E-state index contributed by atoms with van der Waals surface area (Å²) in [5, 5.41) is 0. The summed E-state index contributed by atoms with van der Waals surface area (Å²) in [7, 11) is 0. The number of alkyl halides is 2. The standard InChI is InChI=1S/C15H20F2O2/c1-2-3-4-5-12-6-8-13(9-7-12)14-10-18-15(16,17)19-11-14/h6-9,14H,2-5,10-11H2,1H3. The van der Waals surface area contributed by atoms with E-state index in [2.05, 4.69) is 28.5 Å². The van der Waals surface area contributed by atoms with E-state index in [1.165, 1.54) is 24.8 Å². The average molecular weight is 270 g/mol. The van der Waals surface area contributed by atoms with Crippen LogP contribution in [0, 0.1) is 0 Å². The van der Waals surface area contributed by atoms with Gasteiger partial charge in [-0.15, -0.1) is 8.78 Å². The molecule has 106 valence electrons. The maximum Gasteiger partial charge on any atom is 0.485 e. The largest absolute Gasteiger partial charge is 0.485 e. The molecule has 1 aliphatic heterocycles. The van der Waals surface area contributed by atoms with Crippen LogP contribution in [0.25, 0.3) is 0 Å². The molecule has 1 aromatic rings. The first kappa shape index (κ1) is 14.4. The van der Waals surface area contributed by atoms with E-state index in [9.17, 15) is 8.78 Å². The Balaban J connectivity index is 1.88. The van der Waals surface area contributed by atoms with E-state index >= 15 is 0 Å². The molecule has 2 rings (SSSR count). The summed E-state index contributed by atoms with van der Waals surface area (Å²) in [6.07, 6.45) is 1.29. The van der Waals surface area contributed by atoms with Gasteiger partial charge in [0, 0.05) is 5.92 Å². The van der Waals surface area contributed by atoms with Gasteiger partial charge in [-0.1, -0.05) is 44.0 Å². The van der Waals surface area contributed by atoms with Crippen molar-refractivity contribution in [1.29, 1.82) is 0 Å². The molecule has 1 fully saturated rings. The van der Waals surface area contributed by atoms with Crippen molar-refractivity contribution in [3.63, 3.8) is 0 Å². The van der Waals surface area contributed by atoms with Gasteiger partial charge in [-0.25, -0.2) is 0 Å². The van der Waals surface area contributed by atoms with Crippen molar-refractivity contribution >= 4 is 0 Å². The molecular weight excluding hydrogens is 250 g/mol. The van der Waals surface area contributed by atoms with E-state index in [0.29, 0.717) is 0 Å². The minimum Gasteiger partial charge on any atom is -0.295 e. The number of unbranched alkanes of at least 4 members (excludes halogenated alkanes) is 2. The van der Waals surface area contributed by atoms with Crippen LogP contribution in [0.2, 0.25) is 0 Å². The molecular formula is C15H20F2O2. The Morgan fingerprint density at radius 3 is 2.32 bits per heavy atom. The third-order valence-corrected chi connectivity index (χ3v) is 3.43. The lowest BCUT2D eigenvalue weighted by Gasteiger charge is -2.28. The highest BCUT2D eigenvalue weighted by Crippen LogP contribution is 2.29. The first-order valence-corrected chi connectivity index (χ1v) is 6.85. The molecule has 0 spiro atoms. The molecule has 0 saturated carbocycles. The van der Waals surface area contributed by atoms with E-state index in [1.807, 2.05) is 12.1 Å². The van der Waals surface area contributed by atoms with E-state index in [1.54, 1.807) is 0 Å². The summed E-state index contributed by atoms with van der Waals surface area (Å²) < 4.78 is 34.1. The third-order valence-electron chi connectivity index (χ3n) is 3.43. The molecule has 0 unspecified atom stereocenters. The minimum atomic E-state index is -3.42. The Hall–Kier alpha value is -1.00. The molecule has 0 radical (unpaired) electrons. The van der Waals surface area contributed by atoms with E-state index in [4.69, 9.17) is 0 Å². The van der Waals surface area contributed by atoms with Crippen LogP contribution in [0.1, 0.15) is 43.2 Å². The van der Waals surface area contributed by atoms with Crippen molar-refractivity contribution in [2.24, 2.45) is 0 Å². The summed E-state index contributed by atoms with van der Waals surface area (Å²) in [6, 6.07) is 8.11. The first-order chi connectivity index (χ1) is 9.11. The number of ether oxygens (including phenoxy) is 2. The lowest BCUT2D eigenvalue weighted by molar-refractivity contribution is -0.414. The van der Waals surface area contributed by atoms with Gasteiger partial charge >= 0.3 is 6.29 Å². The van der Waals surface area contributed by atoms with Crippen LogP contribution in [-0.4, -0.2) is 19.5 Å². The second kappa shape index (κ2) is 6.44. The highest BCUT2D eigenvalue weighted by atomic mass is 19.3. The van der Waals surface area contributed by atoms with Crippen LogP contribution >= 0.6 is 0 Å². The molecule has 1 saturated heterocycles. The molecule has 1 aromatic carbocycles. The fourth-order valence-corrected chi connectivity index (χ4v) is 2.21. The van der Waals surface area contributed by atoms with Gasteiger partial charge in [0.15, 0.2) is 0 Å². The van der Waals surface area contributed by atoms with Crippen LogP contribution in [0.3, 0.4) is 0 Å². The molecule has 0 amide bonds. The van der Waals surface area contributed by atoms with Gasteiger partial charge < -0.3 is 0 Å². The Morgan fingerprint density at radius 2 is 1.74 bits per heavy atom. The van der Waals surface area contributed by atoms with Crippen LogP contribution < -0.4 is 0 Å². The molecule has 2 nitrogen and oxygen atoms in total. The number of benzene rings is 1. The van der Waals surface area contributed by atoms with Crippen LogP contribution in [0.15, 0.2) is 24.3 Å². The summed E-state index contributed by atoms with van der Waals surface area (Å²) in [6.45, 7) is 2.19. The Bertz CT molecular complexity index is 380. The second-order valence-electron chi connectivity index (χ2n) is 4.98. The molecule has 0 atom stereocenters. The van der Waals surface area contributed by atoms with Crippen molar-refractivity contribution in [1.82, 2.24) is 0 Å². The zero-order valence-corrected chi connectivity index (χ0v) is 11.2. The maximum atomic E-state index is 12.7. The Kier molecular flexibility index (Phi) is 4.88. The Morgan fingerprint density at radius 1 is 1.11 bits per heavy atom. The number of aryl methyl sites for hydroxylation is 1. The summed E-state index contributed by atoms with van der Waals surface area (Å²) >= 11 is 0. The summed E-state index contributed by atoms with van der Waals surface area (Å²) in [5.74, 6) is -0.107. The van der Waals surface area contributed by atoms with Crippen molar-refractivity contribution in [3.05, 3.63) is 35.4 Å². The predicted octanol–water partition coefficient (Wildman–Crippen LogP) is 4.10. The fraction of sp³-hybridized carbons (Fsp3) is 0.600. The van der Waals surface area contributed by atoms with Gasteiger partial charge in [0.25, 0.3) is 0 Å². The number of hydrogen-bond acceptors (Lipinski definition) is 2. The number of halogens is 2. The minimum absolute atomic E-state index is 0.00216. The number of rotatable bonds is 5. The summed E-state index contributed by atoms with van der Waals surface area (Å²) in [4.78, 5) is 0. The SMILES string of the molecule is CCCCCc1ccc(C2COC(F)(F)OC2)cc1. The smallest absolute Gasteiger partial charge is 0.295 e. The topological polar surface area (TPSA) is 18.5 Å². The zero-order chi connectivity index (χ0) is 13.7. The second-order valence-corrected chi connectivity index (χ2v) is 4.98. The fourth-order valence-electron chi connectivity index (χ4n) is 2.21. The Labute approximate surface area is 112 Å². The average Bonchev–Trinajstić information content (AvgIpc) is 2.40. The lowest BCUT2D eigenvalue weighted by Crippen LogP contribution is -2.36. The highest BCUT2D eigenvalue weighted by molar-refractivity contribution is 5.26. The van der Waals surface area contributed by atoms with E-state index in [0.717, 1.165) is 12.0 Å². The van der Waals surface area contributed by atoms with Gasteiger partial charge in [-0.05, 0) is 24.0 Å².